The number of benzene rings is 2. The zero-order valence-corrected chi connectivity index (χ0v) is 10.2. The molecule has 0 heterocycles. The van der Waals surface area contributed by atoms with Gasteiger partial charge in [0, 0.05) is 6.07 Å². The van der Waals surface area contributed by atoms with Crippen molar-refractivity contribution in [3.8, 4) is 11.1 Å². The fraction of sp³-hybridized carbons (Fsp3) is 0. The summed E-state index contributed by atoms with van der Waals surface area (Å²) in [7, 11) is 0. The van der Waals surface area contributed by atoms with Crippen molar-refractivity contribution >= 4 is 23.6 Å². The Bertz CT molecular complexity index is 673. The third-order valence-corrected chi connectivity index (χ3v) is 2.91. The van der Waals surface area contributed by atoms with Crippen molar-refractivity contribution in [2.45, 2.75) is 0 Å². The minimum absolute atomic E-state index is 0.0248. The molecular weight excluding hydrogens is 273 g/mol. The molecule has 4 nitrogen and oxygen atoms in total. The highest BCUT2D eigenvalue weighted by Crippen LogP contribution is 2.28. The molecule has 0 atom stereocenters. The van der Waals surface area contributed by atoms with Crippen LogP contribution in [0.2, 0.25) is 5.02 Å². The molecule has 0 unspecified atom stereocenters. The summed E-state index contributed by atoms with van der Waals surface area (Å²) in [5.74, 6) is -0.610. The second-order valence-corrected chi connectivity index (χ2v) is 4.18. The van der Waals surface area contributed by atoms with Crippen LogP contribution in [0.4, 0.5) is 10.1 Å². The number of hydrogen-bond donors (Lipinski definition) is 0. The molecule has 19 heavy (non-hydrogen) atoms. The summed E-state index contributed by atoms with van der Waals surface area (Å²) in [6.45, 7) is 0. The first kappa shape index (κ1) is 13.2. The molecule has 0 saturated carbocycles. The van der Waals surface area contributed by atoms with Crippen molar-refractivity contribution in [2.24, 2.45) is 0 Å². The van der Waals surface area contributed by atoms with Crippen LogP contribution in [0.15, 0.2) is 36.4 Å². The predicted octanol–water partition coefficient (Wildman–Crippen LogP) is 3.87. The Morgan fingerprint density at radius 2 is 1.79 bits per heavy atom. The van der Waals surface area contributed by atoms with Crippen molar-refractivity contribution in [3.63, 3.8) is 0 Å². The van der Waals surface area contributed by atoms with Crippen LogP contribution in [-0.4, -0.2) is 11.2 Å². The van der Waals surface area contributed by atoms with Crippen LogP contribution in [0.5, 0.6) is 0 Å². The highest BCUT2D eigenvalue weighted by atomic mass is 35.5. The molecule has 0 spiro atoms. The predicted molar refractivity (Wildman–Crippen MR) is 68.9 cm³/mol. The van der Waals surface area contributed by atoms with E-state index in [1.165, 1.54) is 30.3 Å². The number of nitro benzene ring substituents is 1. The van der Waals surface area contributed by atoms with Gasteiger partial charge in [-0.2, -0.15) is 0 Å². The second-order valence-electron chi connectivity index (χ2n) is 3.78. The summed E-state index contributed by atoms with van der Waals surface area (Å²) in [5.41, 5.74) is 0.543. The molecule has 0 aliphatic heterocycles. The third kappa shape index (κ3) is 2.61. The minimum atomic E-state index is -0.653. The van der Waals surface area contributed by atoms with E-state index >= 15 is 0 Å². The lowest BCUT2D eigenvalue weighted by atomic mass is 10.0. The quantitative estimate of drug-likeness (QED) is 0.487. The standard InChI is InChI=1S/C13H7ClFNO3/c14-11-4-3-8(5-12(11)15)9-1-2-10(7-17)13(6-9)16(18)19/h1-7H. The largest absolute Gasteiger partial charge is 0.298 e. The number of halogens is 2. The lowest BCUT2D eigenvalue weighted by Gasteiger charge is -2.04. The average Bonchev–Trinajstić information content (AvgIpc) is 2.41. The first-order valence-corrected chi connectivity index (χ1v) is 5.60. The summed E-state index contributed by atoms with van der Waals surface area (Å²) < 4.78 is 13.3. The fourth-order valence-corrected chi connectivity index (χ4v) is 1.77. The van der Waals surface area contributed by atoms with Gasteiger partial charge in [0.15, 0.2) is 6.29 Å². The van der Waals surface area contributed by atoms with Crippen molar-refractivity contribution in [1.29, 1.82) is 0 Å². The first-order chi connectivity index (χ1) is 9.02. The van der Waals surface area contributed by atoms with E-state index in [0.717, 1.165) is 0 Å². The summed E-state index contributed by atoms with van der Waals surface area (Å²) >= 11 is 5.57. The van der Waals surface area contributed by atoms with E-state index < -0.39 is 10.7 Å². The third-order valence-electron chi connectivity index (χ3n) is 2.61. The number of hydrogen-bond acceptors (Lipinski definition) is 3. The molecule has 0 radical (unpaired) electrons. The maximum atomic E-state index is 13.3. The van der Waals surface area contributed by atoms with Gasteiger partial charge >= 0.3 is 0 Å². The van der Waals surface area contributed by atoms with Gasteiger partial charge in [0.1, 0.15) is 5.82 Å². The Kier molecular flexibility index (Phi) is 3.57. The highest BCUT2D eigenvalue weighted by Gasteiger charge is 2.15. The molecule has 0 saturated heterocycles. The van der Waals surface area contributed by atoms with E-state index in [1.54, 1.807) is 6.07 Å². The molecule has 0 aliphatic rings. The molecule has 2 rings (SSSR count). The highest BCUT2D eigenvalue weighted by molar-refractivity contribution is 6.30. The zero-order chi connectivity index (χ0) is 14.0. The number of rotatable bonds is 3. The molecule has 2 aromatic rings. The zero-order valence-electron chi connectivity index (χ0n) is 9.47. The lowest BCUT2D eigenvalue weighted by molar-refractivity contribution is -0.385. The average molecular weight is 280 g/mol. The summed E-state index contributed by atoms with van der Waals surface area (Å²) in [6.07, 6.45) is 0.407. The van der Waals surface area contributed by atoms with Gasteiger partial charge in [-0.15, -0.1) is 0 Å². The number of carbonyl (C=O) groups is 1. The van der Waals surface area contributed by atoms with Gasteiger partial charge in [-0.1, -0.05) is 23.7 Å². The van der Waals surface area contributed by atoms with Crippen LogP contribution < -0.4 is 0 Å². The summed E-state index contributed by atoms with van der Waals surface area (Å²) in [4.78, 5) is 20.9. The van der Waals surface area contributed by atoms with E-state index in [4.69, 9.17) is 11.6 Å². The van der Waals surface area contributed by atoms with Crippen LogP contribution in [0, 0.1) is 15.9 Å². The molecule has 0 aliphatic carbocycles. The monoisotopic (exact) mass is 279 g/mol. The van der Waals surface area contributed by atoms with Gasteiger partial charge in [0.05, 0.1) is 15.5 Å². The van der Waals surface area contributed by atoms with Crippen LogP contribution >= 0.6 is 11.6 Å². The summed E-state index contributed by atoms with van der Waals surface area (Å²) in [5, 5.41) is 10.8. The van der Waals surface area contributed by atoms with Gasteiger partial charge in [-0.05, 0) is 29.3 Å². The van der Waals surface area contributed by atoms with Crippen molar-refractivity contribution in [2.75, 3.05) is 0 Å². The Morgan fingerprint density at radius 1 is 1.16 bits per heavy atom. The molecule has 0 bridgehead atoms. The number of nitrogens with zero attached hydrogens (tertiary/aromatic N) is 1. The molecule has 0 aromatic heterocycles. The van der Waals surface area contributed by atoms with Crippen LogP contribution in [-0.2, 0) is 0 Å². The van der Waals surface area contributed by atoms with E-state index in [2.05, 4.69) is 0 Å². The van der Waals surface area contributed by atoms with E-state index in [1.807, 2.05) is 0 Å². The van der Waals surface area contributed by atoms with Crippen LogP contribution in [0.25, 0.3) is 11.1 Å². The van der Waals surface area contributed by atoms with Gasteiger partial charge in [0.2, 0.25) is 0 Å². The van der Waals surface area contributed by atoms with Gasteiger partial charge in [-0.25, -0.2) is 4.39 Å². The number of carbonyl (C=O) groups excluding carboxylic acids is 1. The molecule has 2 aromatic carbocycles. The van der Waals surface area contributed by atoms with Crippen molar-refractivity contribution in [3.05, 3.63) is 62.9 Å². The molecule has 6 heteroatoms. The summed E-state index contributed by atoms with van der Waals surface area (Å²) in [6, 6.07) is 8.16. The van der Waals surface area contributed by atoms with Crippen LogP contribution in [0.1, 0.15) is 10.4 Å². The molecule has 0 fully saturated rings. The van der Waals surface area contributed by atoms with Crippen LogP contribution in [0.3, 0.4) is 0 Å². The number of aldehydes is 1. The van der Waals surface area contributed by atoms with Crippen molar-refractivity contribution in [1.82, 2.24) is 0 Å². The minimum Gasteiger partial charge on any atom is -0.298 e. The molecular formula is C13H7ClFNO3. The normalized spacial score (nSPS) is 10.2. The Labute approximate surface area is 112 Å². The molecule has 0 N–H and O–H groups in total. The lowest BCUT2D eigenvalue weighted by Crippen LogP contribution is -1.95. The van der Waals surface area contributed by atoms with E-state index in [-0.39, 0.29) is 16.3 Å². The van der Waals surface area contributed by atoms with Gasteiger partial charge < -0.3 is 0 Å². The fourth-order valence-electron chi connectivity index (χ4n) is 1.66. The number of nitro groups is 1. The Morgan fingerprint density at radius 3 is 2.37 bits per heavy atom. The van der Waals surface area contributed by atoms with Gasteiger partial charge in [-0.3, -0.25) is 14.9 Å². The SMILES string of the molecule is O=Cc1ccc(-c2ccc(Cl)c(F)c2)cc1[N+](=O)[O-]. The topological polar surface area (TPSA) is 60.2 Å². The first-order valence-electron chi connectivity index (χ1n) is 5.22. The van der Waals surface area contributed by atoms with E-state index in [9.17, 15) is 19.3 Å². The maximum Gasteiger partial charge on any atom is 0.280 e. The smallest absolute Gasteiger partial charge is 0.280 e. The Balaban J connectivity index is 2.56. The molecule has 96 valence electrons. The second kappa shape index (κ2) is 5.16. The molecule has 0 amide bonds. The van der Waals surface area contributed by atoms with Crippen molar-refractivity contribution < 1.29 is 14.1 Å². The van der Waals surface area contributed by atoms with E-state index in [0.29, 0.717) is 17.4 Å². The maximum absolute atomic E-state index is 13.3. The Hall–Kier alpha value is -2.27. The van der Waals surface area contributed by atoms with Gasteiger partial charge in [0.25, 0.3) is 5.69 Å².